The number of methoxy groups -OCH3 is 1. The molecule has 1 fully saturated rings. The maximum atomic E-state index is 11.2. The molecule has 3 N–H and O–H groups in total. The van der Waals surface area contributed by atoms with Gasteiger partial charge in [-0.25, -0.2) is 4.79 Å². The molecule has 1 aliphatic carbocycles. The van der Waals surface area contributed by atoms with Crippen molar-refractivity contribution in [2.75, 3.05) is 7.11 Å². The van der Waals surface area contributed by atoms with E-state index in [1.165, 1.54) is 13.2 Å². The molecule has 0 aliphatic heterocycles. The molecule has 0 amide bonds. The van der Waals surface area contributed by atoms with Gasteiger partial charge < -0.3 is 20.3 Å². The molecule has 5 heteroatoms. The second kappa shape index (κ2) is 5.93. The first kappa shape index (κ1) is 13.7. The van der Waals surface area contributed by atoms with Crippen molar-refractivity contribution in [3.8, 4) is 11.5 Å². The zero-order valence-electron chi connectivity index (χ0n) is 11.0. The van der Waals surface area contributed by atoms with Crippen molar-refractivity contribution in [3.05, 3.63) is 23.8 Å². The minimum atomic E-state index is -1.01. The Bertz CT molecular complexity index is 453. The second-order valence-electron chi connectivity index (χ2n) is 4.80. The Morgan fingerprint density at radius 2 is 2.00 bits per heavy atom. The van der Waals surface area contributed by atoms with Crippen LogP contribution in [0.5, 0.6) is 11.5 Å². The molecular formula is C14H19NO4. The van der Waals surface area contributed by atoms with Gasteiger partial charge in [0.1, 0.15) is 5.56 Å². The Balaban J connectivity index is 2.20. The minimum absolute atomic E-state index is 0.00852. The lowest BCUT2D eigenvalue weighted by Crippen LogP contribution is -2.32. The van der Waals surface area contributed by atoms with Crippen LogP contribution in [0.3, 0.4) is 0 Å². The number of carboxylic acids is 1. The molecule has 0 atom stereocenters. The lowest BCUT2D eigenvalue weighted by molar-refractivity contribution is 0.0683. The van der Waals surface area contributed by atoms with Gasteiger partial charge in [-0.05, 0) is 37.8 Å². The molecule has 0 radical (unpaired) electrons. The zero-order chi connectivity index (χ0) is 13.8. The summed E-state index contributed by atoms with van der Waals surface area (Å²) < 4.78 is 11.0. The number of para-hydroxylation sites is 1. The molecule has 5 nitrogen and oxygen atoms in total. The maximum absolute atomic E-state index is 11.2. The highest BCUT2D eigenvalue weighted by Gasteiger charge is 2.24. The van der Waals surface area contributed by atoms with Gasteiger partial charge in [0, 0.05) is 6.04 Å². The Hall–Kier alpha value is -1.75. The zero-order valence-corrected chi connectivity index (χ0v) is 11.0. The lowest BCUT2D eigenvalue weighted by Gasteiger charge is -2.27. The minimum Gasteiger partial charge on any atom is -0.493 e. The van der Waals surface area contributed by atoms with Crippen LogP contribution in [0.25, 0.3) is 0 Å². The topological polar surface area (TPSA) is 81.8 Å². The monoisotopic (exact) mass is 265 g/mol. The summed E-state index contributed by atoms with van der Waals surface area (Å²) in [6.07, 6.45) is 3.51. The number of aromatic carboxylic acids is 1. The van der Waals surface area contributed by atoms with Gasteiger partial charge in [0.05, 0.1) is 13.2 Å². The summed E-state index contributed by atoms with van der Waals surface area (Å²) in [4.78, 5) is 11.2. The van der Waals surface area contributed by atoms with Gasteiger partial charge in [-0.2, -0.15) is 0 Å². The summed E-state index contributed by atoms with van der Waals surface area (Å²) in [5, 5.41) is 9.20. The number of carbonyl (C=O) groups is 1. The Labute approximate surface area is 112 Å². The number of hydrogen-bond acceptors (Lipinski definition) is 4. The predicted molar refractivity (Wildman–Crippen MR) is 70.8 cm³/mol. The molecule has 0 bridgehead atoms. The highest BCUT2D eigenvalue weighted by molar-refractivity contribution is 5.92. The van der Waals surface area contributed by atoms with Crippen LogP contribution in [-0.2, 0) is 0 Å². The summed E-state index contributed by atoms with van der Waals surface area (Å²) >= 11 is 0. The van der Waals surface area contributed by atoms with E-state index in [1.54, 1.807) is 12.1 Å². The Kier molecular flexibility index (Phi) is 4.27. The average Bonchev–Trinajstić information content (AvgIpc) is 2.41. The van der Waals surface area contributed by atoms with E-state index in [9.17, 15) is 9.90 Å². The van der Waals surface area contributed by atoms with Gasteiger partial charge in [0.25, 0.3) is 0 Å². The van der Waals surface area contributed by atoms with Crippen LogP contribution in [0.1, 0.15) is 36.0 Å². The molecule has 1 saturated carbocycles. The standard InChI is InChI=1S/C14H19NO4/c1-18-12-4-2-3-11(14(16)17)13(12)19-10-7-5-9(15)6-8-10/h2-4,9-10H,5-8,15H2,1H3,(H,16,17). The van der Waals surface area contributed by atoms with E-state index in [4.69, 9.17) is 15.2 Å². The van der Waals surface area contributed by atoms with Crippen molar-refractivity contribution < 1.29 is 19.4 Å². The average molecular weight is 265 g/mol. The third kappa shape index (κ3) is 3.17. The number of benzene rings is 1. The Morgan fingerprint density at radius 1 is 1.32 bits per heavy atom. The van der Waals surface area contributed by atoms with E-state index in [0.29, 0.717) is 11.5 Å². The highest BCUT2D eigenvalue weighted by atomic mass is 16.5. The van der Waals surface area contributed by atoms with Gasteiger partial charge in [0.2, 0.25) is 0 Å². The van der Waals surface area contributed by atoms with Crippen LogP contribution in [0.4, 0.5) is 0 Å². The van der Waals surface area contributed by atoms with Crippen molar-refractivity contribution in [2.24, 2.45) is 5.73 Å². The van der Waals surface area contributed by atoms with Crippen LogP contribution < -0.4 is 15.2 Å². The molecule has 0 saturated heterocycles. The normalized spacial score (nSPS) is 22.8. The summed E-state index contributed by atoms with van der Waals surface area (Å²) in [7, 11) is 1.50. The van der Waals surface area contributed by atoms with E-state index in [-0.39, 0.29) is 17.7 Å². The predicted octanol–water partition coefficient (Wildman–Crippen LogP) is 2.04. The van der Waals surface area contributed by atoms with Crippen molar-refractivity contribution in [3.63, 3.8) is 0 Å². The molecule has 0 unspecified atom stereocenters. The maximum Gasteiger partial charge on any atom is 0.339 e. The molecule has 2 rings (SSSR count). The van der Waals surface area contributed by atoms with Gasteiger partial charge in [-0.1, -0.05) is 6.07 Å². The van der Waals surface area contributed by atoms with Crippen LogP contribution in [0.2, 0.25) is 0 Å². The largest absolute Gasteiger partial charge is 0.493 e. The van der Waals surface area contributed by atoms with E-state index in [2.05, 4.69) is 0 Å². The third-order valence-corrected chi connectivity index (χ3v) is 3.43. The van der Waals surface area contributed by atoms with Crippen molar-refractivity contribution in [2.45, 2.75) is 37.8 Å². The number of hydrogen-bond donors (Lipinski definition) is 2. The Morgan fingerprint density at radius 3 is 2.58 bits per heavy atom. The van der Waals surface area contributed by atoms with Crippen molar-refractivity contribution in [1.29, 1.82) is 0 Å². The number of ether oxygens (including phenoxy) is 2. The second-order valence-corrected chi connectivity index (χ2v) is 4.80. The molecule has 0 heterocycles. The molecule has 1 aliphatic rings. The summed E-state index contributed by atoms with van der Waals surface area (Å²) in [6, 6.07) is 5.10. The first-order valence-electron chi connectivity index (χ1n) is 6.44. The lowest BCUT2D eigenvalue weighted by atomic mass is 9.93. The van der Waals surface area contributed by atoms with E-state index in [1.807, 2.05) is 0 Å². The fraction of sp³-hybridized carbons (Fsp3) is 0.500. The fourth-order valence-electron chi connectivity index (χ4n) is 2.34. The van der Waals surface area contributed by atoms with Gasteiger partial charge in [-0.15, -0.1) is 0 Å². The number of rotatable bonds is 4. The molecule has 0 spiro atoms. The molecule has 0 aromatic heterocycles. The van der Waals surface area contributed by atoms with E-state index < -0.39 is 5.97 Å². The number of carboxylic acid groups (broad SMARTS) is 1. The first-order chi connectivity index (χ1) is 9.11. The number of nitrogens with two attached hydrogens (primary N) is 1. The third-order valence-electron chi connectivity index (χ3n) is 3.43. The molecule has 19 heavy (non-hydrogen) atoms. The summed E-state index contributed by atoms with van der Waals surface area (Å²) in [5.41, 5.74) is 5.98. The first-order valence-corrected chi connectivity index (χ1v) is 6.44. The molecule has 1 aromatic carbocycles. The quantitative estimate of drug-likeness (QED) is 0.870. The smallest absolute Gasteiger partial charge is 0.339 e. The molecule has 104 valence electrons. The van der Waals surface area contributed by atoms with E-state index in [0.717, 1.165) is 25.7 Å². The fourth-order valence-corrected chi connectivity index (χ4v) is 2.34. The van der Waals surface area contributed by atoms with E-state index >= 15 is 0 Å². The summed E-state index contributed by atoms with van der Waals surface area (Å²) in [6.45, 7) is 0. The SMILES string of the molecule is COc1cccc(C(=O)O)c1OC1CCC(N)CC1. The van der Waals surface area contributed by atoms with Gasteiger partial charge in [-0.3, -0.25) is 0 Å². The van der Waals surface area contributed by atoms with Crippen LogP contribution in [0, 0.1) is 0 Å². The van der Waals surface area contributed by atoms with Gasteiger partial charge >= 0.3 is 5.97 Å². The van der Waals surface area contributed by atoms with Crippen molar-refractivity contribution in [1.82, 2.24) is 0 Å². The summed E-state index contributed by atoms with van der Waals surface area (Å²) in [5.74, 6) is -0.242. The molecular weight excluding hydrogens is 246 g/mol. The highest BCUT2D eigenvalue weighted by Crippen LogP contribution is 2.34. The van der Waals surface area contributed by atoms with Gasteiger partial charge in [0.15, 0.2) is 11.5 Å². The molecule has 1 aromatic rings. The van der Waals surface area contributed by atoms with Crippen molar-refractivity contribution >= 4 is 5.97 Å². The van der Waals surface area contributed by atoms with Crippen LogP contribution in [0.15, 0.2) is 18.2 Å². The van der Waals surface area contributed by atoms with Crippen LogP contribution >= 0.6 is 0 Å². The van der Waals surface area contributed by atoms with Crippen LogP contribution in [-0.4, -0.2) is 30.3 Å².